The first-order chi connectivity index (χ1) is 15.9. The van der Waals surface area contributed by atoms with Crippen LogP contribution in [-0.4, -0.2) is 33.5 Å². The van der Waals surface area contributed by atoms with E-state index in [1.54, 1.807) is 31.4 Å². The number of rotatable bonds is 7. The van der Waals surface area contributed by atoms with Gasteiger partial charge in [-0.15, -0.1) is 11.3 Å². The average Bonchev–Trinajstić information content (AvgIpc) is 3.32. The van der Waals surface area contributed by atoms with Crippen LogP contribution in [0.2, 0.25) is 0 Å². The molecular weight excluding hydrogens is 458 g/mol. The smallest absolute Gasteiger partial charge is 0.264 e. The maximum Gasteiger partial charge on any atom is 0.264 e. The first-order valence-electron chi connectivity index (χ1n) is 9.94. The Balaban J connectivity index is 1.49. The number of amides is 1. The summed E-state index contributed by atoms with van der Waals surface area (Å²) >= 11 is 1.29. The van der Waals surface area contributed by atoms with Crippen molar-refractivity contribution in [3.63, 3.8) is 0 Å². The Labute approximate surface area is 196 Å². The lowest BCUT2D eigenvalue weighted by Gasteiger charge is -2.19. The van der Waals surface area contributed by atoms with E-state index < -0.39 is 10.0 Å². The van der Waals surface area contributed by atoms with Gasteiger partial charge in [-0.05, 0) is 48.5 Å². The number of carbonyl (C=O) groups excluding carboxylic acids is 1. The van der Waals surface area contributed by atoms with Crippen molar-refractivity contribution in [1.29, 1.82) is 0 Å². The predicted molar refractivity (Wildman–Crippen MR) is 131 cm³/mol. The van der Waals surface area contributed by atoms with E-state index in [1.165, 1.54) is 47.0 Å². The number of carbonyl (C=O) groups is 1. The van der Waals surface area contributed by atoms with Crippen LogP contribution in [0.3, 0.4) is 0 Å². The van der Waals surface area contributed by atoms with E-state index >= 15 is 0 Å². The van der Waals surface area contributed by atoms with E-state index in [0.29, 0.717) is 27.8 Å². The van der Waals surface area contributed by atoms with Crippen LogP contribution < -0.4 is 14.4 Å². The Morgan fingerprint density at radius 2 is 1.64 bits per heavy atom. The molecule has 0 unspecified atom stereocenters. The van der Waals surface area contributed by atoms with Crippen LogP contribution in [-0.2, 0) is 10.0 Å². The number of para-hydroxylation sites is 2. The second-order valence-corrected chi connectivity index (χ2v) is 9.85. The monoisotopic (exact) mass is 479 g/mol. The van der Waals surface area contributed by atoms with Gasteiger partial charge in [0.15, 0.2) is 5.13 Å². The average molecular weight is 480 g/mol. The van der Waals surface area contributed by atoms with Crippen LogP contribution in [0.1, 0.15) is 10.4 Å². The second-order valence-electron chi connectivity index (χ2n) is 7.02. The summed E-state index contributed by atoms with van der Waals surface area (Å²) in [5, 5.41) is 5.03. The van der Waals surface area contributed by atoms with Crippen LogP contribution in [0.15, 0.2) is 89.1 Å². The molecule has 4 aromatic rings. The summed E-state index contributed by atoms with van der Waals surface area (Å²) in [5.74, 6) is 0.314. The number of ether oxygens (including phenoxy) is 1. The Kier molecular flexibility index (Phi) is 6.43. The van der Waals surface area contributed by atoms with Crippen LogP contribution >= 0.6 is 11.3 Å². The Bertz CT molecular complexity index is 1370. The molecule has 0 aliphatic heterocycles. The lowest BCUT2D eigenvalue weighted by Crippen LogP contribution is -2.26. The summed E-state index contributed by atoms with van der Waals surface area (Å²) in [7, 11) is -0.662. The SMILES string of the molecule is COc1ccccc1-c1csc(NC(=O)c2ccc(S(=O)(=O)N(C)c3ccccc3)cc2)n1. The van der Waals surface area contributed by atoms with Crippen molar-refractivity contribution in [1.82, 2.24) is 4.98 Å². The van der Waals surface area contributed by atoms with Gasteiger partial charge in [0, 0.05) is 23.6 Å². The highest BCUT2D eigenvalue weighted by atomic mass is 32.2. The van der Waals surface area contributed by atoms with E-state index in [9.17, 15) is 13.2 Å². The summed E-state index contributed by atoms with van der Waals surface area (Å²) in [6, 6.07) is 22.1. The van der Waals surface area contributed by atoms with Gasteiger partial charge in [0.2, 0.25) is 0 Å². The summed E-state index contributed by atoms with van der Waals surface area (Å²) in [5.41, 5.74) is 2.39. The third-order valence-corrected chi connectivity index (χ3v) is 7.56. The summed E-state index contributed by atoms with van der Waals surface area (Å²) in [6.07, 6.45) is 0. The van der Waals surface area contributed by atoms with Gasteiger partial charge >= 0.3 is 0 Å². The third-order valence-electron chi connectivity index (χ3n) is 5.00. The fourth-order valence-electron chi connectivity index (χ4n) is 3.19. The summed E-state index contributed by atoms with van der Waals surface area (Å²) < 4.78 is 32.4. The third kappa shape index (κ3) is 4.74. The van der Waals surface area contributed by atoms with E-state index in [2.05, 4.69) is 10.3 Å². The van der Waals surface area contributed by atoms with Crippen LogP contribution in [0.5, 0.6) is 5.75 Å². The zero-order chi connectivity index (χ0) is 23.4. The minimum Gasteiger partial charge on any atom is -0.496 e. The normalized spacial score (nSPS) is 11.1. The van der Waals surface area contributed by atoms with Crippen molar-refractivity contribution in [3.8, 4) is 17.0 Å². The molecule has 1 N–H and O–H groups in total. The summed E-state index contributed by atoms with van der Waals surface area (Å²) in [6.45, 7) is 0. The molecule has 168 valence electrons. The van der Waals surface area contributed by atoms with Crippen molar-refractivity contribution < 1.29 is 17.9 Å². The van der Waals surface area contributed by atoms with Gasteiger partial charge in [0.05, 0.1) is 23.4 Å². The van der Waals surface area contributed by atoms with Crippen molar-refractivity contribution in [2.24, 2.45) is 0 Å². The number of methoxy groups -OCH3 is 1. The highest BCUT2D eigenvalue weighted by Gasteiger charge is 2.21. The van der Waals surface area contributed by atoms with Gasteiger partial charge in [-0.3, -0.25) is 14.4 Å². The molecule has 0 fully saturated rings. The fraction of sp³-hybridized carbons (Fsp3) is 0.0833. The Morgan fingerprint density at radius 3 is 2.33 bits per heavy atom. The number of aromatic nitrogens is 1. The molecule has 3 aromatic carbocycles. The maximum atomic E-state index is 12.9. The van der Waals surface area contributed by atoms with Gasteiger partial charge in [-0.25, -0.2) is 13.4 Å². The van der Waals surface area contributed by atoms with E-state index in [4.69, 9.17) is 4.74 Å². The number of hydrogen-bond donors (Lipinski definition) is 1. The molecule has 1 aromatic heterocycles. The van der Waals surface area contributed by atoms with Gasteiger partial charge in [-0.2, -0.15) is 0 Å². The molecule has 0 saturated carbocycles. The van der Waals surface area contributed by atoms with Crippen molar-refractivity contribution >= 4 is 38.1 Å². The van der Waals surface area contributed by atoms with Gasteiger partial charge in [0.25, 0.3) is 15.9 Å². The molecule has 0 atom stereocenters. The van der Waals surface area contributed by atoms with Gasteiger partial charge < -0.3 is 4.74 Å². The molecule has 7 nitrogen and oxygen atoms in total. The molecular formula is C24H21N3O4S2. The van der Waals surface area contributed by atoms with Gasteiger partial charge in [0.1, 0.15) is 5.75 Å². The zero-order valence-corrected chi connectivity index (χ0v) is 19.6. The van der Waals surface area contributed by atoms with Crippen molar-refractivity contribution in [2.45, 2.75) is 4.90 Å². The number of hydrogen-bond acceptors (Lipinski definition) is 6. The Morgan fingerprint density at radius 1 is 0.970 bits per heavy atom. The zero-order valence-electron chi connectivity index (χ0n) is 17.9. The number of benzene rings is 3. The molecule has 4 rings (SSSR count). The molecule has 1 amide bonds. The van der Waals surface area contributed by atoms with E-state index in [-0.39, 0.29) is 10.8 Å². The lowest BCUT2D eigenvalue weighted by atomic mass is 10.1. The molecule has 0 radical (unpaired) electrons. The van der Waals surface area contributed by atoms with Crippen LogP contribution in [0.25, 0.3) is 11.3 Å². The molecule has 9 heteroatoms. The topological polar surface area (TPSA) is 88.6 Å². The first-order valence-corrected chi connectivity index (χ1v) is 12.3. The van der Waals surface area contributed by atoms with Crippen LogP contribution in [0, 0.1) is 0 Å². The molecule has 0 bridgehead atoms. The largest absolute Gasteiger partial charge is 0.496 e. The van der Waals surface area contributed by atoms with E-state index in [1.807, 2.05) is 35.7 Å². The highest BCUT2D eigenvalue weighted by Crippen LogP contribution is 2.32. The molecule has 0 saturated heterocycles. The van der Waals surface area contributed by atoms with E-state index in [0.717, 1.165) is 5.56 Å². The summed E-state index contributed by atoms with van der Waals surface area (Å²) in [4.78, 5) is 17.2. The number of nitrogens with zero attached hydrogens (tertiary/aromatic N) is 2. The molecule has 0 spiro atoms. The quantitative estimate of drug-likeness (QED) is 0.407. The van der Waals surface area contributed by atoms with Gasteiger partial charge in [-0.1, -0.05) is 30.3 Å². The number of sulfonamides is 1. The molecule has 0 aliphatic rings. The Hall–Kier alpha value is -3.69. The number of nitrogens with one attached hydrogen (secondary N) is 1. The molecule has 1 heterocycles. The predicted octanol–water partition coefficient (Wildman–Crippen LogP) is 4.90. The number of thiazole rings is 1. The first kappa shape index (κ1) is 22.5. The minimum absolute atomic E-state index is 0.0955. The highest BCUT2D eigenvalue weighted by molar-refractivity contribution is 7.92. The number of anilines is 2. The van der Waals surface area contributed by atoms with Crippen LogP contribution in [0.4, 0.5) is 10.8 Å². The molecule has 33 heavy (non-hydrogen) atoms. The molecule has 0 aliphatic carbocycles. The minimum atomic E-state index is -3.75. The lowest BCUT2D eigenvalue weighted by molar-refractivity contribution is 0.102. The standard InChI is InChI=1S/C24H21N3O4S2/c1-27(18-8-4-3-5-9-18)33(29,30)19-14-12-17(13-15-19)23(28)26-24-25-21(16-32-24)20-10-6-7-11-22(20)31-2/h3-16H,1-2H3,(H,25,26,28). The fourth-order valence-corrected chi connectivity index (χ4v) is 5.09. The van der Waals surface area contributed by atoms with Crippen molar-refractivity contribution in [3.05, 3.63) is 89.8 Å². The maximum absolute atomic E-state index is 12.9. The second kappa shape index (κ2) is 9.43. The van der Waals surface area contributed by atoms with Crippen molar-refractivity contribution in [2.75, 3.05) is 23.8 Å².